The molecule has 5 heteroatoms. The maximum atomic E-state index is 13.0. The van der Waals surface area contributed by atoms with Crippen LogP contribution in [0.15, 0.2) is 30.9 Å². The van der Waals surface area contributed by atoms with Crippen molar-refractivity contribution in [3.8, 4) is 5.69 Å². The fourth-order valence-corrected chi connectivity index (χ4v) is 1.14. The Morgan fingerprint density at radius 1 is 1.36 bits per heavy atom. The van der Waals surface area contributed by atoms with Crippen molar-refractivity contribution in [3.05, 3.63) is 42.2 Å². The highest BCUT2D eigenvalue weighted by molar-refractivity contribution is 5.75. The van der Waals surface area contributed by atoms with Crippen molar-refractivity contribution in [1.29, 1.82) is 0 Å². The van der Waals surface area contributed by atoms with Crippen molar-refractivity contribution >= 4 is 6.29 Å². The van der Waals surface area contributed by atoms with E-state index in [4.69, 9.17) is 0 Å². The molecule has 4 nitrogen and oxygen atoms in total. The van der Waals surface area contributed by atoms with E-state index in [2.05, 4.69) is 10.1 Å². The SMILES string of the molecule is O=Cc1cc(F)cc(-n2cncn2)c1. The Labute approximate surface area is 79.0 Å². The van der Waals surface area contributed by atoms with Crippen molar-refractivity contribution in [2.75, 3.05) is 0 Å². The minimum Gasteiger partial charge on any atom is -0.298 e. The number of aldehydes is 1. The minimum atomic E-state index is -0.472. The van der Waals surface area contributed by atoms with Gasteiger partial charge < -0.3 is 0 Å². The number of aromatic nitrogens is 3. The lowest BCUT2D eigenvalue weighted by Crippen LogP contribution is -1.96. The summed E-state index contributed by atoms with van der Waals surface area (Å²) in [7, 11) is 0. The molecule has 0 amide bonds. The van der Waals surface area contributed by atoms with E-state index in [0.717, 1.165) is 6.07 Å². The fraction of sp³-hybridized carbons (Fsp3) is 0. The first-order valence-electron chi connectivity index (χ1n) is 3.90. The van der Waals surface area contributed by atoms with E-state index < -0.39 is 5.82 Å². The first kappa shape index (κ1) is 8.55. The predicted molar refractivity (Wildman–Crippen MR) is 46.7 cm³/mol. The molecule has 2 rings (SSSR count). The summed E-state index contributed by atoms with van der Waals surface area (Å²) in [6.07, 6.45) is 3.36. The second kappa shape index (κ2) is 3.37. The number of hydrogen-bond acceptors (Lipinski definition) is 3. The quantitative estimate of drug-likeness (QED) is 0.670. The van der Waals surface area contributed by atoms with Gasteiger partial charge in [0.05, 0.1) is 5.69 Å². The summed E-state index contributed by atoms with van der Waals surface area (Å²) in [5, 5.41) is 3.83. The Hall–Kier alpha value is -2.04. The van der Waals surface area contributed by atoms with Crippen molar-refractivity contribution in [1.82, 2.24) is 14.8 Å². The summed E-state index contributed by atoms with van der Waals surface area (Å²) in [6.45, 7) is 0. The van der Waals surface area contributed by atoms with E-state index in [9.17, 15) is 9.18 Å². The number of hydrogen-bond donors (Lipinski definition) is 0. The van der Waals surface area contributed by atoms with Crippen molar-refractivity contribution in [2.45, 2.75) is 0 Å². The highest BCUT2D eigenvalue weighted by Crippen LogP contribution is 2.10. The van der Waals surface area contributed by atoms with Crippen LogP contribution in [0.25, 0.3) is 5.69 Å². The maximum absolute atomic E-state index is 13.0. The number of benzene rings is 1. The van der Waals surface area contributed by atoms with Gasteiger partial charge in [-0.3, -0.25) is 4.79 Å². The highest BCUT2D eigenvalue weighted by Gasteiger charge is 2.02. The topological polar surface area (TPSA) is 47.8 Å². The van der Waals surface area contributed by atoms with Crippen LogP contribution in [0, 0.1) is 5.82 Å². The lowest BCUT2D eigenvalue weighted by molar-refractivity contribution is 0.112. The zero-order chi connectivity index (χ0) is 9.97. The lowest BCUT2D eigenvalue weighted by atomic mass is 10.2. The average molecular weight is 191 g/mol. The third-order valence-corrected chi connectivity index (χ3v) is 1.72. The van der Waals surface area contributed by atoms with Crippen LogP contribution in [0.2, 0.25) is 0 Å². The van der Waals surface area contributed by atoms with Gasteiger partial charge in [-0.15, -0.1) is 0 Å². The Bertz CT molecular complexity index is 453. The highest BCUT2D eigenvalue weighted by atomic mass is 19.1. The van der Waals surface area contributed by atoms with Crippen LogP contribution in [-0.2, 0) is 0 Å². The Morgan fingerprint density at radius 3 is 2.86 bits per heavy atom. The molecule has 0 aliphatic carbocycles. The number of rotatable bonds is 2. The summed E-state index contributed by atoms with van der Waals surface area (Å²) in [4.78, 5) is 14.2. The molecular formula is C9H6FN3O. The first-order valence-corrected chi connectivity index (χ1v) is 3.90. The monoisotopic (exact) mass is 191 g/mol. The summed E-state index contributed by atoms with van der Waals surface area (Å²) in [5.41, 5.74) is 0.750. The van der Waals surface area contributed by atoms with Crippen molar-refractivity contribution in [3.63, 3.8) is 0 Å². The van der Waals surface area contributed by atoms with Gasteiger partial charge in [-0.05, 0) is 18.2 Å². The van der Waals surface area contributed by atoms with Crippen LogP contribution in [0.5, 0.6) is 0 Å². The number of carbonyl (C=O) groups excluding carboxylic acids is 1. The van der Waals surface area contributed by atoms with Gasteiger partial charge in [0.15, 0.2) is 0 Å². The molecule has 0 aliphatic rings. The summed E-state index contributed by atoms with van der Waals surface area (Å²) in [6, 6.07) is 3.97. The fourth-order valence-electron chi connectivity index (χ4n) is 1.14. The molecule has 0 atom stereocenters. The van der Waals surface area contributed by atoms with Gasteiger partial charge in [-0.2, -0.15) is 5.10 Å². The smallest absolute Gasteiger partial charge is 0.150 e. The van der Waals surface area contributed by atoms with Crippen LogP contribution in [0.4, 0.5) is 4.39 Å². The lowest BCUT2D eigenvalue weighted by Gasteiger charge is -2.00. The normalized spacial score (nSPS) is 10.1. The zero-order valence-electron chi connectivity index (χ0n) is 7.09. The van der Waals surface area contributed by atoms with Crippen molar-refractivity contribution in [2.24, 2.45) is 0 Å². The van der Waals surface area contributed by atoms with Crippen LogP contribution >= 0.6 is 0 Å². The third kappa shape index (κ3) is 1.52. The summed E-state index contributed by atoms with van der Waals surface area (Å²) >= 11 is 0. The molecule has 0 unspecified atom stereocenters. The Kier molecular flexibility index (Phi) is 2.06. The molecule has 14 heavy (non-hydrogen) atoms. The summed E-state index contributed by atoms with van der Waals surface area (Å²) in [5.74, 6) is -0.472. The molecule has 0 aliphatic heterocycles. The van der Waals surface area contributed by atoms with Gasteiger partial charge in [0.1, 0.15) is 24.8 Å². The van der Waals surface area contributed by atoms with Gasteiger partial charge >= 0.3 is 0 Å². The molecular weight excluding hydrogens is 185 g/mol. The van der Waals surface area contributed by atoms with Crippen LogP contribution in [-0.4, -0.2) is 21.1 Å². The van der Waals surface area contributed by atoms with Crippen LogP contribution in [0.1, 0.15) is 10.4 Å². The first-order chi connectivity index (χ1) is 6.79. The van der Waals surface area contributed by atoms with E-state index in [-0.39, 0.29) is 5.56 Å². The molecule has 0 N–H and O–H groups in total. The molecule has 0 fully saturated rings. The molecule has 0 radical (unpaired) electrons. The minimum absolute atomic E-state index is 0.274. The number of nitrogens with zero attached hydrogens (tertiary/aromatic N) is 3. The third-order valence-electron chi connectivity index (χ3n) is 1.72. The number of carbonyl (C=O) groups is 1. The van der Waals surface area contributed by atoms with Crippen LogP contribution in [0.3, 0.4) is 0 Å². The average Bonchev–Trinajstić information content (AvgIpc) is 2.69. The predicted octanol–water partition coefficient (Wildman–Crippen LogP) is 1.22. The van der Waals surface area contributed by atoms with Gasteiger partial charge in [0.2, 0.25) is 0 Å². The van der Waals surface area contributed by atoms with Gasteiger partial charge in [0, 0.05) is 5.56 Å². The molecule has 1 aromatic carbocycles. The van der Waals surface area contributed by atoms with Gasteiger partial charge in [0.25, 0.3) is 0 Å². The Morgan fingerprint density at radius 2 is 2.21 bits per heavy atom. The van der Waals surface area contributed by atoms with Gasteiger partial charge in [-0.25, -0.2) is 14.1 Å². The molecule has 2 aromatic rings. The van der Waals surface area contributed by atoms with E-state index >= 15 is 0 Å². The zero-order valence-corrected chi connectivity index (χ0v) is 7.09. The number of halogens is 1. The van der Waals surface area contributed by atoms with Crippen molar-refractivity contribution < 1.29 is 9.18 Å². The van der Waals surface area contributed by atoms with Gasteiger partial charge in [-0.1, -0.05) is 0 Å². The molecule has 0 spiro atoms. The molecule has 1 heterocycles. The standard InChI is InChI=1S/C9H6FN3O/c10-8-1-7(4-14)2-9(3-8)13-6-11-5-12-13/h1-6H. The molecule has 0 saturated carbocycles. The molecule has 70 valence electrons. The van der Waals surface area contributed by atoms with E-state index in [1.54, 1.807) is 0 Å². The summed E-state index contributed by atoms with van der Waals surface area (Å²) < 4.78 is 14.4. The molecule has 1 aromatic heterocycles. The van der Waals surface area contributed by atoms with Crippen LogP contribution < -0.4 is 0 Å². The van der Waals surface area contributed by atoms with E-state index in [1.165, 1.54) is 29.5 Å². The largest absolute Gasteiger partial charge is 0.298 e. The van der Waals surface area contributed by atoms with E-state index in [1.807, 2.05) is 0 Å². The second-order valence-electron chi connectivity index (χ2n) is 2.70. The second-order valence-corrected chi connectivity index (χ2v) is 2.70. The molecule has 0 saturated heterocycles. The van der Waals surface area contributed by atoms with E-state index in [0.29, 0.717) is 12.0 Å². The maximum Gasteiger partial charge on any atom is 0.150 e. The molecule has 0 bridgehead atoms. The Balaban J connectivity index is 2.54.